The quantitative estimate of drug-likeness (QED) is 0.532. The van der Waals surface area contributed by atoms with Crippen LogP contribution in [0.4, 0.5) is 0 Å². The molecule has 2 aromatic rings. The summed E-state index contributed by atoms with van der Waals surface area (Å²) in [6.45, 7) is 0.568. The minimum absolute atomic E-state index is 0.0457. The fraction of sp³-hybridized carbons (Fsp3) is 0.364. The van der Waals surface area contributed by atoms with E-state index in [-0.39, 0.29) is 28.5 Å². The molecule has 0 unspecified atom stereocenters. The molecule has 0 bridgehead atoms. The summed E-state index contributed by atoms with van der Waals surface area (Å²) in [5.74, 6) is -0.947. The topological polar surface area (TPSA) is 130 Å². The summed E-state index contributed by atoms with van der Waals surface area (Å²) >= 11 is 0. The molecule has 0 saturated carbocycles. The standard InChI is InChI=1S/C22H25N3O7S2/c26-21(16-25-22(27)19-6-2-3-7-20(19)34(25,30)31)23-12-15-32-17-8-10-18(11-9-17)33(28,29)24-13-4-1-5-14-24/h2-3,6-11H,1,4-5,12-16H2,(H,23,26). The van der Waals surface area contributed by atoms with Gasteiger partial charge < -0.3 is 10.1 Å². The highest BCUT2D eigenvalue weighted by Crippen LogP contribution is 2.29. The van der Waals surface area contributed by atoms with Gasteiger partial charge in [0.25, 0.3) is 15.9 Å². The van der Waals surface area contributed by atoms with Crippen LogP contribution in [0.5, 0.6) is 5.75 Å². The van der Waals surface area contributed by atoms with Gasteiger partial charge in [-0.25, -0.2) is 21.1 Å². The van der Waals surface area contributed by atoms with Gasteiger partial charge in [-0.2, -0.15) is 4.31 Å². The van der Waals surface area contributed by atoms with Crippen molar-refractivity contribution in [2.45, 2.75) is 29.1 Å². The van der Waals surface area contributed by atoms with Crippen LogP contribution >= 0.6 is 0 Å². The van der Waals surface area contributed by atoms with Crippen LogP contribution in [0, 0.1) is 0 Å². The predicted molar refractivity (Wildman–Crippen MR) is 122 cm³/mol. The molecule has 1 N–H and O–H groups in total. The Morgan fingerprint density at radius 1 is 1.00 bits per heavy atom. The lowest BCUT2D eigenvalue weighted by atomic mass is 10.2. The molecule has 0 spiro atoms. The SMILES string of the molecule is O=C(CN1C(=O)c2ccccc2S1(=O)=O)NCCOc1ccc(S(=O)(=O)N2CCCCC2)cc1. The molecule has 2 aliphatic heterocycles. The maximum Gasteiger partial charge on any atom is 0.269 e. The van der Waals surface area contributed by atoms with Crippen molar-refractivity contribution in [3.8, 4) is 5.75 Å². The molecule has 2 amide bonds. The van der Waals surface area contributed by atoms with Gasteiger partial charge in [-0.1, -0.05) is 18.6 Å². The lowest BCUT2D eigenvalue weighted by Crippen LogP contribution is -2.41. The number of fused-ring (bicyclic) bond motifs is 1. The van der Waals surface area contributed by atoms with Crippen molar-refractivity contribution >= 4 is 31.9 Å². The summed E-state index contributed by atoms with van der Waals surface area (Å²) in [6, 6.07) is 11.9. The lowest BCUT2D eigenvalue weighted by Gasteiger charge is -2.25. The highest BCUT2D eigenvalue weighted by Gasteiger charge is 2.41. The third-order valence-electron chi connectivity index (χ3n) is 5.67. The zero-order valence-electron chi connectivity index (χ0n) is 18.3. The van der Waals surface area contributed by atoms with E-state index in [1.807, 2.05) is 0 Å². The number of ether oxygens (including phenoxy) is 1. The summed E-state index contributed by atoms with van der Waals surface area (Å²) in [4.78, 5) is 24.7. The number of nitrogens with one attached hydrogen (secondary N) is 1. The van der Waals surface area contributed by atoms with Crippen LogP contribution < -0.4 is 10.1 Å². The second-order valence-corrected chi connectivity index (χ2v) is 11.7. The molecule has 2 heterocycles. The number of carbonyl (C=O) groups excluding carboxylic acids is 2. The largest absolute Gasteiger partial charge is 0.492 e. The van der Waals surface area contributed by atoms with Gasteiger partial charge in [-0.05, 0) is 49.2 Å². The van der Waals surface area contributed by atoms with Crippen molar-refractivity contribution in [1.82, 2.24) is 13.9 Å². The number of nitrogens with zero attached hydrogens (tertiary/aromatic N) is 2. The first-order valence-electron chi connectivity index (χ1n) is 10.9. The van der Waals surface area contributed by atoms with Gasteiger partial charge in [0.15, 0.2) is 0 Å². The maximum atomic E-state index is 12.7. The van der Waals surface area contributed by atoms with Crippen LogP contribution in [0.2, 0.25) is 0 Å². The molecule has 1 fully saturated rings. The molecular formula is C22H25N3O7S2. The number of hydrogen-bond acceptors (Lipinski definition) is 7. The summed E-state index contributed by atoms with van der Waals surface area (Å²) in [6.07, 6.45) is 2.75. The Morgan fingerprint density at radius 3 is 2.35 bits per heavy atom. The number of piperidine rings is 1. The minimum Gasteiger partial charge on any atom is -0.492 e. The summed E-state index contributed by atoms with van der Waals surface area (Å²) in [7, 11) is -7.57. The van der Waals surface area contributed by atoms with E-state index in [1.54, 1.807) is 18.2 Å². The number of rotatable bonds is 8. The third kappa shape index (κ3) is 4.79. The summed E-state index contributed by atoms with van der Waals surface area (Å²) in [5.41, 5.74) is 0.0457. The van der Waals surface area contributed by atoms with Crippen LogP contribution in [0.15, 0.2) is 58.3 Å². The monoisotopic (exact) mass is 507 g/mol. The molecule has 4 rings (SSSR count). The lowest BCUT2D eigenvalue weighted by molar-refractivity contribution is -0.121. The third-order valence-corrected chi connectivity index (χ3v) is 9.37. The van der Waals surface area contributed by atoms with E-state index in [0.29, 0.717) is 23.1 Å². The van der Waals surface area contributed by atoms with Gasteiger partial charge >= 0.3 is 0 Å². The molecule has 12 heteroatoms. The zero-order chi connectivity index (χ0) is 24.3. The first-order valence-corrected chi connectivity index (χ1v) is 13.7. The van der Waals surface area contributed by atoms with Crippen LogP contribution in [-0.4, -0.2) is 70.0 Å². The molecule has 10 nitrogen and oxygen atoms in total. The highest BCUT2D eigenvalue weighted by atomic mass is 32.2. The Balaban J connectivity index is 1.26. The fourth-order valence-corrected chi connectivity index (χ4v) is 6.94. The predicted octanol–water partition coefficient (Wildman–Crippen LogP) is 1.20. The second kappa shape index (κ2) is 9.72. The van der Waals surface area contributed by atoms with Crippen molar-refractivity contribution in [2.75, 3.05) is 32.8 Å². The number of hydrogen-bond donors (Lipinski definition) is 1. The number of carbonyl (C=O) groups is 2. The first-order chi connectivity index (χ1) is 16.2. The van der Waals surface area contributed by atoms with Gasteiger partial charge in [-0.3, -0.25) is 9.59 Å². The smallest absolute Gasteiger partial charge is 0.269 e. The van der Waals surface area contributed by atoms with E-state index in [0.717, 1.165) is 19.3 Å². The van der Waals surface area contributed by atoms with Crippen molar-refractivity contribution in [3.63, 3.8) is 0 Å². The van der Waals surface area contributed by atoms with Gasteiger partial charge in [0.1, 0.15) is 23.8 Å². The Morgan fingerprint density at radius 2 is 1.68 bits per heavy atom. The van der Waals surface area contributed by atoms with Gasteiger partial charge in [0.05, 0.1) is 17.0 Å². The van der Waals surface area contributed by atoms with Crippen molar-refractivity contribution in [3.05, 3.63) is 54.1 Å². The summed E-state index contributed by atoms with van der Waals surface area (Å²) < 4.78 is 57.9. The zero-order valence-corrected chi connectivity index (χ0v) is 20.0. The molecule has 0 aliphatic carbocycles. The van der Waals surface area contributed by atoms with E-state index < -0.39 is 38.4 Å². The van der Waals surface area contributed by atoms with E-state index in [4.69, 9.17) is 4.74 Å². The number of benzene rings is 2. The molecule has 1 saturated heterocycles. The molecule has 0 radical (unpaired) electrons. The Bertz CT molecular complexity index is 1290. The highest BCUT2D eigenvalue weighted by molar-refractivity contribution is 7.90. The van der Waals surface area contributed by atoms with E-state index in [9.17, 15) is 26.4 Å². The average Bonchev–Trinajstić information content (AvgIpc) is 3.03. The van der Waals surface area contributed by atoms with Crippen molar-refractivity contribution < 1.29 is 31.2 Å². The molecule has 0 aromatic heterocycles. The molecule has 0 atom stereocenters. The van der Waals surface area contributed by atoms with E-state index >= 15 is 0 Å². The van der Waals surface area contributed by atoms with Crippen LogP contribution in [0.3, 0.4) is 0 Å². The Hall–Kier alpha value is -2.96. The Labute approximate surface area is 198 Å². The van der Waals surface area contributed by atoms with E-state index in [1.165, 1.54) is 34.6 Å². The van der Waals surface area contributed by atoms with Crippen molar-refractivity contribution in [2.24, 2.45) is 0 Å². The van der Waals surface area contributed by atoms with Crippen LogP contribution in [0.25, 0.3) is 0 Å². The number of sulfonamides is 2. The fourth-order valence-electron chi connectivity index (χ4n) is 3.90. The van der Waals surface area contributed by atoms with Crippen LogP contribution in [-0.2, 0) is 24.8 Å². The van der Waals surface area contributed by atoms with Crippen LogP contribution in [0.1, 0.15) is 29.6 Å². The molecule has 182 valence electrons. The molecule has 2 aliphatic rings. The second-order valence-electron chi connectivity index (χ2n) is 7.95. The van der Waals surface area contributed by atoms with E-state index in [2.05, 4.69) is 5.32 Å². The summed E-state index contributed by atoms with van der Waals surface area (Å²) in [5, 5.41) is 2.52. The molecule has 2 aromatic carbocycles. The molecule has 34 heavy (non-hydrogen) atoms. The normalized spacial score (nSPS) is 17.9. The van der Waals surface area contributed by atoms with Gasteiger partial charge in [-0.15, -0.1) is 0 Å². The first kappa shape index (κ1) is 24.2. The van der Waals surface area contributed by atoms with Gasteiger partial charge in [0, 0.05) is 13.1 Å². The average molecular weight is 508 g/mol. The Kier molecular flexibility index (Phi) is 6.91. The minimum atomic E-state index is -4.05. The number of amides is 2. The van der Waals surface area contributed by atoms with Gasteiger partial charge in [0.2, 0.25) is 15.9 Å². The maximum absolute atomic E-state index is 12.7. The molecular weight excluding hydrogens is 482 g/mol. The van der Waals surface area contributed by atoms with Crippen molar-refractivity contribution in [1.29, 1.82) is 0 Å².